The van der Waals surface area contributed by atoms with Crippen LogP contribution in [0.3, 0.4) is 0 Å². The van der Waals surface area contributed by atoms with E-state index in [-0.39, 0.29) is 12.2 Å². The third kappa shape index (κ3) is 3.06. The van der Waals surface area contributed by atoms with E-state index in [1.165, 1.54) is 0 Å². The summed E-state index contributed by atoms with van der Waals surface area (Å²) in [5, 5.41) is 0.778. The van der Waals surface area contributed by atoms with Crippen molar-refractivity contribution in [3.8, 4) is 0 Å². The highest BCUT2D eigenvalue weighted by Gasteiger charge is 2.35. The molecule has 2 rings (SSSR count). The van der Waals surface area contributed by atoms with Crippen molar-refractivity contribution < 1.29 is 0 Å². The zero-order valence-corrected chi connectivity index (χ0v) is 12.9. The average molecular weight is 333 g/mol. The van der Waals surface area contributed by atoms with Crippen LogP contribution >= 0.6 is 27.5 Å². The quantitative estimate of drug-likeness (QED) is 0.796. The van der Waals surface area contributed by atoms with Gasteiger partial charge in [0.1, 0.15) is 0 Å². The number of rotatable bonds is 3. The minimum absolute atomic E-state index is 0.0348. The van der Waals surface area contributed by atoms with Gasteiger partial charge in [-0.2, -0.15) is 0 Å². The van der Waals surface area contributed by atoms with Crippen LogP contribution in [-0.4, -0.2) is 6.17 Å². The van der Waals surface area contributed by atoms with E-state index < -0.39 is 0 Å². The lowest BCUT2D eigenvalue weighted by atomic mass is 9.86. The molecule has 1 fully saturated rings. The Kier molecular flexibility index (Phi) is 4.67. The minimum Gasteiger partial charge on any atom is -0.315 e. The third-order valence-electron chi connectivity index (χ3n) is 3.33. The molecule has 0 radical (unpaired) electrons. The molecule has 5 heteroatoms. The van der Waals surface area contributed by atoms with E-state index in [1.54, 1.807) is 0 Å². The van der Waals surface area contributed by atoms with Gasteiger partial charge in [0.05, 0.1) is 12.2 Å². The molecule has 1 aliphatic rings. The minimum atomic E-state index is -0.0348. The molecule has 18 heavy (non-hydrogen) atoms. The summed E-state index contributed by atoms with van der Waals surface area (Å²) in [4.78, 5) is 0. The smallest absolute Gasteiger partial charge is 0.0726 e. The van der Waals surface area contributed by atoms with Gasteiger partial charge >= 0.3 is 0 Å². The molecule has 1 aromatic carbocycles. The van der Waals surface area contributed by atoms with Crippen LogP contribution in [0.25, 0.3) is 0 Å². The molecule has 0 aromatic heterocycles. The third-order valence-corrected chi connectivity index (χ3v) is 4.17. The van der Waals surface area contributed by atoms with E-state index in [4.69, 9.17) is 17.3 Å². The van der Waals surface area contributed by atoms with Crippen LogP contribution in [0, 0.1) is 11.8 Å². The van der Waals surface area contributed by atoms with Gasteiger partial charge in [-0.3, -0.25) is 0 Å². The fourth-order valence-corrected chi connectivity index (χ4v) is 3.11. The first-order chi connectivity index (χ1) is 8.49. The molecule has 3 unspecified atom stereocenters. The topological polar surface area (TPSA) is 50.1 Å². The zero-order chi connectivity index (χ0) is 13.3. The molecule has 0 aliphatic carbocycles. The highest BCUT2D eigenvalue weighted by atomic mass is 79.9. The van der Waals surface area contributed by atoms with Gasteiger partial charge in [0.15, 0.2) is 0 Å². The van der Waals surface area contributed by atoms with Crippen LogP contribution in [0.2, 0.25) is 5.02 Å². The molecule has 3 nitrogen and oxygen atoms in total. The lowest BCUT2D eigenvalue weighted by Crippen LogP contribution is -2.39. The molecular weight excluding hydrogens is 314 g/mol. The fraction of sp³-hybridized carbons (Fsp3) is 0.538. The SMILES string of the molecule is CC(C)CC1C(N)NNC1c1cc(Br)ccc1Cl. The first-order valence-electron chi connectivity index (χ1n) is 6.20. The maximum absolute atomic E-state index is 6.30. The first-order valence-corrected chi connectivity index (χ1v) is 7.37. The number of hydrogen-bond acceptors (Lipinski definition) is 3. The number of nitrogens with two attached hydrogens (primary N) is 1. The van der Waals surface area contributed by atoms with Crippen molar-refractivity contribution in [2.45, 2.75) is 32.5 Å². The molecule has 1 saturated heterocycles. The Morgan fingerprint density at radius 3 is 2.78 bits per heavy atom. The highest BCUT2D eigenvalue weighted by Crippen LogP contribution is 2.36. The summed E-state index contributed by atoms with van der Waals surface area (Å²) in [6.07, 6.45) is 1.03. The summed E-state index contributed by atoms with van der Waals surface area (Å²) in [7, 11) is 0. The van der Waals surface area contributed by atoms with E-state index in [0.29, 0.717) is 11.8 Å². The molecule has 1 heterocycles. The van der Waals surface area contributed by atoms with Crippen molar-refractivity contribution >= 4 is 27.5 Å². The Hall–Kier alpha value is -0.130. The normalized spacial score (nSPS) is 28.0. The molecule has 0 bridgehead atoms. The number of halogens is 2. The highest BCUT2D eigenvalue weighted by molar-refractivity contribution is 9.10. The van der Waals surface area contributed by atoms with Gasteiger partial charge in [-0.05, 0) is 36.1 Å². The lowest BCUT2D eigenvalue weighted by molar-refractivity contribution is 0.344. The average Bonchev–Trinajstić information content (AvgIpc) is 2.64. The number of nitrogens with one attached hydrogen (secondary N) is 2. The molecular formula is C13H19BrClN3. The predicted octanol–water partition coefficient (Wildman–Crippen LogP) is 3.20. The maximum Gasteiger partial charge on any atom is 0.0726 e. The summed E-state index contributed by atoms with van der Waals surface area (Å²) in [6.45, 7) is 4.43. The van der Waals surface area contributed by atoms with Crippen LogP contribution in [0.1, 0.15) is 31.9 Å². The second-order valence-electron chi connectivity index (χ2n) is 5.25. The second-order valence-corrected chi connectivity index (χ2v) is 6.57. The number of benzene rings is 1. The summed E-state index contributed by atoms with van der Waals surface area (Å²) < 4.78 is 1.03. The van der Waals surface area contributed by atoms with Crippen LogP contribution in [0.15, 0.2) is 22.7 Å². The van der Waals surface area contributed by atoms with Gasteiger partial charge in [-0.1, -0.05) is 41.4 Å². The van der Waals surface area contributed by atoms with Crippen molar-refractivity contribution in [3.05, 3.63) is 33.3 Å². The van der Waals surface area contributed by atoms with E-state index in [0.717, 1.165) is 21.5 Å². The molecule has 1 aromatic rings. The summed E-state index contributed by atoms with van der Waals surface area (Å²) in [6, 6.07) is 6.09. The van der Waals surface area contributed by atoms with Crippen molar-refractivity contribution in [2.75, 3.05) is 0 Å². The Morgan fingerprint density at radius 1 is 1.39 bits per heavy atom. The Balaban J connectivity index is 2.28. The van der Waals surface area contributed by atoms with Gasteiger partial charge in [0, 0.05) is 15.4 Å². The Labute approximate surface area is 122 Å². The molecule has 100 valence electrons. The summed E-state index contributed by atoms with van der Waals surface area (Å²) in [5.41, 5.74) is 13.6. The van der Waals surface area contributed by atoms with Gasteiger partial charge in [0.2, 0.25) is 0 Å². The lowest BCUT2D eigenvalue weighted by Gasteiger charge is -2.23. The monoisotopic (exact) mass is 331 g/mol. The molecule has 0 amide bonds. The number of hydrazine groups is 1. The first kappa shape index (κ1) is 14.3. The van der Waals surface area contributed by atoms with Gasteiger partial charge in [-0.15, -0.1) is 0 Å². The van der Waals surface area contributed by atoms with E-state index in [9.17, 15) is 0 Å². The van der Waals surface area contributed by atoms with Crippen LogP contribution in [0.5, 0.6) is 0 Å². The van der Waals surface area contributed by atoms with E-state index >= 15 is 0 Å². The summed E-state index contributed by atoms with van der Waals surface area (Å²) in [5.74, 6) is 0.952. The van der Waals surface area contributed by atoms with Crippen molar-refractivity contribution in [1.82, 2.24) is 10.9 Å². The molecule has 3 atom stereocenters. The van der Waals surface area contributed by atoms with Gasteiger partial charge in [0.25, 0.3) is 0 Å². The summed E-state index contributed by atoms with van der Waals surface area (Å²) >= 11 is 9.79. The molecule has 1 aliphatic heterocycles. The standard InChI is InChI=1S/C13H19BrClN3/c1-7(2)5-10-12(17-18-13(10)16)9-6-8(14)3-4-11(9)15/h3-4,6-7,10,12-13,17-18H,5,16H2,1-2H3. The Bertz CT molecular complexity index is 425. The van der Waals surface area contributed by atoms with Gasteiger partial charge in [-0.25, -0.2) is 10.9 Å². The fourth-order valence-electron chi connectivity index (χ4n) is 2.50. The van der Waals surface area contributed by atoms with Crippen LogP contribution in [0.4, 0.5) is 0 Å². The second kappa shape index (κ2) is 5.88. The predicted molar refractivity (Wildman–Crippen MR) is 79.1 cm³/mol. The van der Waals surface area contributed by atoms with Crippen LogP contribution in [-0.2, 0) is 0 Å². The van der Waals surface area contributed by atoms with Crippen LogP contribution < -0.4 is 16.6 Å². The zero-order valence-electron chi connectivity index (χ0n) is 10.6. The van der Waals surface area contributed by atoms with Crippen molar-refractivity contribution in [1.29, 1.82) is 0 Å². The van der Waals surface area contributed by atoms with E-state index in [2.05, 4.69) is 46.7 Å². The van der Waals surface area contributed by atoms with E-state index in [1.807, 2.05) is 12.1 Å². The number of hydrogen-bond donors (Lipinski definition) is 3. The molecule has 0 saturated carbocycles. The van der Waals surface area contributed by atoms with Crippen molar-refractivity contribution in [2.24, 2.45) is 17.6 Å². The van der Waals surface area contributed by atoms with Crippen molar-refractivity contribution in [3.63, 3.8) is 0 Å². The molecule has 0 spiro atoms. The van der Waals surface area contributed by atoms with Gasteiger partial charge < -0.3 is 5.73 Å². The molecule has 4 N–H and O–H groups in total. The maximum atomic E-state index is 6.30. The Morgan fingerprint density at radius 2 is 2.11 bits per heavy atom. The largest absolute Gasteiger partial charge is 0.315 e.